The highest BCUT2D eigenvalue weighted by Crippen LogP contribution is 2.20. The number of pyridine rings is 2. The minimum Gasteiger partial charge on any atom is -0.394 e. The molecular formula is C25H26N4O2. The third-order valence-corrected chi connectivity index (χ3v) is 4.87. The highest BCUT2D eigenvalue weighted by Gasteiger charge is 2.06. The molecule has 1 amide bonds. The van der Waals surface area contributed by atoms with E-state index in [0.29, 0.717) is 17.8 Å². The van der Waals surface area contributed by atoms with Crippen molar-refractivity contribution in [3.8, 4) is 11.1 Å². The molecule has 0 fully saturated rings. The fourth-order valence-electron chi connectivity index (χ4n) is 3.11. The van der Waals surface area contributed by atoms with Gasteiger partial charge in [-0.15, -0.1) is 0 Å². The van der Waals surface area contributed by atoms with Crippen molar-refractivity contribution in [1.82, 2.24) is 15.3 Å². The van der Waals surface area contributed by atoms with Crippen LogP contribution in [0.5, 0.6) is 0 Å². The van der Waals surface area contributed by atoms with Gasteiger partial charge in [0.05, 0.1) is 11.4 Å². The van der Waals surface area contributed by atoms with Gasteiger partial charge >= 0.3 is 0 Å². The predicted octanol–water partition coefficient (Wildman–Crippen LogP) is 3.70. The van der Waals surface area contributed by atoms with Crippen LogP contribution in [0.15, 0.2) is 66.6 Å². The molecule has 0 spiro atoms. The van der Waals surface area contributed by atoms with E-state index < -0.39 is 0 Å². The number of amides is 1. The van der Waals surface area contributed by atoms with E-state index in [2.05, 4.69) is 45.6 Å². The largest absolute Gasteiger partial charge is 0.394 e. The highest BCUT2D eigenvalue weighted by atomic mass is 16.2. The highest BCUT2D eigenvalue weighted by molar-refractivity contribution is 5.97. The van der Waals surface area contributed by atoms with Gasteiger partial charge in [0.1, 0.15) is 0 Å². The molecule has 2 aromatic heterocycles. The summed E-state index contributed by atoms with van der Waals surface area (Å²) in [7, 11) is 0. The summed E-state index contributed by atoms with van der Waals surface area (Å²) in [5.41, 5.74) is 11.5. The van der Waals surface area contributed by atoms with Crippen LogP contribution < -0.4 is 11.1 Å². The van der Waals surface area contributed by atoms with Gasteiger partial charge in [-0.2, -0.15) is 0 Å². The first kappa shape index (κ1) is 21.9. The number of aryl methyl sites for hydroxylation is 2. The summed E-state index contributed by atoms with van der Waals surface area (Å²) in [4.78, 5) is 31.8. The minimum atomic E-state index is -0.333. The lowest BCUT2D eigenvalue weighted by molar-refractivity contribution is -0.117. The fourth-order valence-corrected chi connectivity index (χ4v) is 3.11. The van der Waals surface area contributed by atoms with E-state index in [1.165, 1.54) is 24.8 Å². The molecule has 3 rings (SSSR count). The molecule has 0 atom stereocenters. The number of aromatic nitrogens is 2. The molecule has 3 N–H and O–H groups in total. The average Bonchev–Trinajstić information content (AvgIpc) is 2.77. The number of nitrogens with zero attached hydrogens (tertiary/aromatic N) is 2. The molecule has 0 aliphatic rings. The third-order valence-electron chi connectivity index (χ3n) is 4.87. The van der Waals surface area contributed by atoms with Crippen molar-refractivity contribution in [3.05, 3.63) is 89.1 Å². The number of ketones is 1. The van der Waals surface area contributed by atoms with Crippen LogP contribution >= 0.6 is 0 Å². The van der Waals surface area contributed by atoms with E-state index in [0.717, 1.165) is 29.7 Å². The Morgan fingerprint density at radius 3 is 2.45 bits per heavy atom. The van der Waals surface area contributed by atoms with Gasteiger partial charge in [0.15, 0.2) is 5.78 Å². The maximum absolute atomic E-state index is 12.2. The molecule has 0 aliphatic heterocycles. The summed E-state index contributed by atoms with van der Waals surface area (Å²) in [6.45, 7) is 3.98. The van der Waals surface area contributed by atoms with Crippen molar-refractivity contribution in [3.63, 3.8) is 0 Å². The van der Waals surface area contributed by atoms with Crippen LogP contribution in [-0.4, -0.2) is 28.2 Å². The Morgan fingerprint density at radius 1 is 1.03 bits per heavy atom. The second-order valence-corrected chi connectivity index (χ2v) is 7.37. The van der Waals surface area contributed by atoms with Gasteiger partial charge in [-0.3, -0.25) is 19.6 Å². The summed E-state index contributed by atoms with van der Waals surface area (Å²) in [6.07, 6.45) is 6.45. The topological polar surface area (TPSA) is 98.0 Å². The second-order valence-electron chi connectivity index (χ2n) is 7.37. The Labute approximate surface area is 182 Å². The summed E-state index contributed by atoms with van der Waals surface area (Å²) < 4.78 is 0. The van der Waals surface area contributed by atoms with Crippen LogP contribution in [0.1, 0.15) is 40.7 Å². The van der Waals surface area contributed by atoms with Crippen molar-refractivity contribution < 1.29 is 9.59 Å². The third kappa shape index (κ3) is 6.34. The van der Waals surface area contributed by atoms with E-state index in [4.69, 9.17) is 5.73 Å². The first-order valence-corrected chi connectivity index (χ1v) is 10.2. The Bertz CT molecular complexity index is 1090. The molecule has 2 heterocycles. The molecular weight excluding hydrogens is 388 g/mol. The maximum atomic E-state index is 12.2. The summed E-state index contributed by atoms with van der Waals surface area (Å²) in [6, 6.07) is 15.8. The summed E-state index contributed by atoms with van der Waals surface area (Å²) in [5.74, 6) is -0.392. The standard InChI is InChI=1S/C25H26N4O2/c1-17-14-21(11-13-27-17)20-7-5-19(6-8-20)4-3-12-28-25(31)24(26)15-23-10-9-22(16-29-23)18(2)30/h5-11,13-16H,3-4,12,26H2,1-2H3,(H,28,31). The van der Waals surface area contributed by atoms with Gasteiger partial charge in [0, 0.05) is 30.2 Å². The summed E-state index contributed by atoms with van der Waals surface area (Å²) in [5, 5.41) is 2.82. The quantitative estimate of drug-likeness (QED) is 0.333. The lowest BCUT2D eigenvalue weighted by Crippen LogP contribution is -2.29. The molecule has 31 heavy (non-hydrogen) atoms. The molecule has 0 unspecified atom stereocenters. The van der Waals surface area contributed by atoms with Crippen LogP contribution in [0.4, 0.5) is 0 Å². The first-order valence-electron chi connectivity index (χ1n) is 10.2. The predicted molar refractivity (Wildman–Crippen MR) is 122 cm³/mol. The maximum Gasteiger partial charge on any atom is 0.267 e. The Morgan fingerprint density at radius 2 is 1.81 bits per heavy atom. The number of hydrogen-bond donors (Lipinski definition) is 2. The number of nitrogens with one attached hydrogen (secondary N) is 1. The Balaban J connectivity index is 1.46. The van der Waals surface area contributed by atoms with E-state index in [-0.39, 0.29) is 17.4 Å². The van der Waals surface area contributed by atoms with Crippen molar-refractivity contribution in [2.24, 2.45) is 5.73 Å². The SMILES string of the molecule is CC(=O)c1ccc(C=C(N)C(=O)NCCCc2ccc(-c3ccnc(C)c3)cc2)nc1. The van der Waals surface area contributed by atoms with Gasteiger partial charge in [-0.1, -0.05) is 24.3 Å². The Hall–Kier alpha value is -3.80. The molecule has 0 bridgehead atoms. The van der Waals surface area contributed by atoms with Gasteiger partial charge in [-0.25, -0.2) is 0 Å². The van der Waals surface area contributed by atoms with Gasteiger partial charge in [-0.05, 0) is 73.7 Å². The fraction of sp³-hybridized carbons (Fsp3) is 0.200. The zero-order valence-corrected chi connectivity index (χ0v) is 17.8. The monoisotopic (exact) mass is 414 g/mol. The smallest absolute Gasteiger partial charge is 0.267 e. The number of rotatable bonds is 8. The summed E-state index contributed by atoms with van der Waals surface area (Å²) >= 11 is 0. The molecule has 6 nitrogen and oxygen atoms in total. The average molecular weight is 415 g/mol. The van der Waals surface area contributed by atoms with Gasteiger partial charge < -0.3 is 11.1 Å². The number of carbonyl (C=O) groups is 2. The molecule has 0 aliphatic carbocycles. The first-order chi connectivity index (χ1) is 14.9. The molecule has 0 saturated carbocycles. The van der Waals surface area contributed by atoms with E-state index >= 15 is 0 Å². The minimum absolute atomic E-state index is 0.0594. The Kier molecular flexibility index (Phi) is 7.27. The lowest BCUT2D eigenvalue weighted by Gasteiger charge is -2.07. The van der Waals surface area contributed by atoms with Crippen LogP contribution in [0.25, 0.3) is 17.2 Å². The number of nitrogens with two attached hydrogens (primary N) is 1. The van der Waals surface area contributed by atoms with Gasteiger partial charge in [0.2, 0.25) is 0 Å². The molecule has 158 valence electrons. The second kappa shape index (κ2) is 10.3. The molecule has 0 radical (unpaired) electrons. The molecule has 3 aromatic rings. The van der Waals surface area contributed by atoms with Crippen LogP contribution in [0, 0.1) is 6.92 Å². The van der Waals surface area contributed by atoms with Crippen LogP contribution in [0.2, 0.25) is 0 Å². The molecule has 6 heteroatoms. The number of carbonyl (C=O) groups excluding carboxylic acids is 2. The number of hydrogen-bond acceptors (Lipinski definition) is 5. The number of benzene rings is 1. The number of Topliss-reactive ketones (excluding diaryl/α,β-unsaturated/α-hetero) is 1. The van der Waals surface area contributed by atoms with Crippen molar-refractivity contribution >= 4 is 17.8 Å². The van der Waals surface area contributed by atoms with E-state index in [9.17, 15) is 9.59 Å². The zero-order valence-electron chi connectivity index (χ0n) is 17.8. The van der Waals surface area contributed by atoms with Crippen molar-refractivity contribution in [2.45, 2.75) is 26.7 Å². The van der Waals surface area contributed by atoms with Crippen molar-refractivity contribution in [2.75, 3.05) is 6.54 Å². The van der Waals surface area contributed by atoms with Crippen molar-refractivity contribution in [1.29, 1.82) is 0 Å². The van der Waals surface area contributed by atoms with E-state index in [1.54, 1.807) is 12.1 Å². The zero-order chi connectivity index (χ0) is 22.2. The lowest BCUT2D eigenvalue weighted by atomic mass is 10.0. The van der Waals surface area contributed by atoms with Crippen LogP contribution in [0.3, 0.4) is 0 Å². The molecule has 1 aromatic carbocycles. The van der Waals surface area contributed by atoms with Crippen LogP contribution in [-0.2, 0) is 11.2 Å². The van der Waals surface area contributed by atoms with Gasteiger partial charge in [0.25, 0.3) is 5.91 Å². The normalized spacial score (nSPS) is 11.2. The molecule has 0 saturated heterocycles. The van der Waals surface area contributed by atoms with E-state index in [1.807, 2.05) is 19.2 Å².